The Morgan fingerprint density at radius 2 is 1.67 bits per heavy atom. The minimum atomic E-state index is -1.18. The molecule has 0 aromatic carbocycles. The summed E-state index contributed by atoms with van der Waals surface area (Å²) in [5.41, 5.74) is 0. The van der Waals surface area contributed by atoms with Gasteiger partial charge in [0.05, 0.1) is 19.6 Å². The lowest BCUT2D eigenvalue weighted by atomic mass is 10.4. The summed E-state index contributed by atoms with van der Waals surface area (Å²) in [6.07, 6.45) is 0.639. The van der Waals surface area contributed by atoms with Crippen LogP contribution in [0.2, 0.25) is 0 Å². The van der Waals surface area contributed by atoms with Gasteiger partial charge in [-0.05, 0) is 6.42 Å². The molecule has 3 N–H and O–H groups in total. The van der Waals surface area contributed by atoms with E-state index in [4.69, 9.17) is 14.9 Å². The molecule has 0 heterocycles. The van der Waals surface area contributed by atoms with Gasteiger partial charge in [0.25, 0.3) is 0 Å². The number of nitrogens with one attached hydrogen (secondary N) is 1. The molecule has 0 bridgehead atoms. The Balaban J connectivity index is 4.01. The molecule has 0 aliphatic rings. The number of carboxylic acid groups (broad SMARTS) is 2. The second-order valence-electron chi connectivity index (χ2n) is 3.63. The van der Waals surface area contributed by atoms with E-state index in [0.717, 1.165) is 4.90 Å². The van der Waals surface area contributed by atoms with E-state index in [9.17, 15) is 14.4 Å². The van der Waals surface area contributed by atoms with Crippen LogP contribution in [0.3, 0.4) is 0 Å². The van der Waals surface area contributed by atoms with E-state index in [-0.39, 0.29) is 6.54 Å². The van der Waals surface area contributed by atoms with Gasteiger partial charge in [0.15, 0.2) is 0 Å². The standard InChI is InChI=1S/C10H18N2O6/c1-18-4-2-3-11-8(13)5-12(6-9(14)15)7-10(16)17/h2-7H2,1H3,(H,11,13)(H,14,15)(H,16,17). The Morgan fingerprint density at radius 1 is 1.11 bits per heavy atom. The molecule has 0 rings (SSSR count). The van der Waals surface area contributed by atoms with Gasteiger partial charge in [-0.25, -0.2) is 0 Å². The van der Waals surface area contributed by atoms with Crippen LogP contribution in [0.25, 0.3) is 0 Å². The third kappa shape index (κ3) is 9.55. The van der Waals surface area contributed by atoms with Gasteiger partial charge in [-0.1, -0.05) is 0 Å². The number of nitrogens with zero attached hydrogens (tertiary/aromatic N) is 1. The zero-order valence-corrected chi connectivity index (χ0v) is 10.2. The van der Waals surface area contributed by atoms with Crippen molar-refractivity contribution in [2.75, 3.05) is 39.9 Å². The minimum Gasteiger partial charge on any atom is -0.480 e. The van der Waals surface area contributed by atoms with Crippen LogP contribution in [0.1, 0.15) is 6.42 Å². The zero-order chi connectivity index (χ0) is 14.0. The number of hydrogen-bond donors (Lipinski definition) is 3. The molecule has 0 unspecified atom stereocenters. The van der Waals surface area contributed by atoms with E-state index >= 15 is 0 Å². The quantitative estimate of drug-likeness (QED) is 0.415. The van der Waals surface area contributed by atoms with Gasteiger partial charge < -0.3 is 20.3 Å². The fraction of sp³-hybridized carbons (Fsp3) is 0.700. The van der Waals surface area contributed by atoms with Crippen LogP contribution in [0.5, 0.6) is 0 Å². The van der Waals surface area contributed by atoms with Crippen molar-refractivity contribution >= 4 is 17.8 Å². The zero-order valence-electron chi connectivity index (χ0n) is 10.2. The van der Waals surface area contributed by atoms with E-state index in [1.165, 1.54) is 0 Å². The molecule has 0 aromatic heterocycles. The van der Waals surface area contributed by atoms with E-state index < -0.39 is 30.9 Å². The first kappa shape index (κ1) is 16.3. The van der Waals surface area contributed by atoms with Crippen molar-refractivity contribution in [2.45, 2.75) is 6.42 Å². The van der Waals surface area contributed by atoms with Crippen molar-refractivity contribution in [1.29, 1.82) is 0 Å². The molecule has 104 valence electrons. The summed E-state index contributed by atoms with van der Waals surface area (Å²) in [7, 11) is 1.54. The molecule has 0 aliphatic carbocycles. The molecular formula is C10H18N2O6. The third-order valence-electron chi connectivity index (χ3n) is 1.93. The van der Waals surface area contributed by atoms with Gasteiger partial charge in [-0.15, -0.1) is 0 Å². The van der Waals surface area contributed by atoms with Gasteiger partial charge in [0.1, 0.15) is 0 Å². The van der Waals surface area contributed by atoms with Gasteiger partial charge in [0, 0.05) is 20.3 Å². The van der Waals surface area contributed by atoms with Crippen LogP contribution in [0.4, 0.5) is 0 Å². The number of methoxy groups -OCH3 is 1. The van der Waals surface area contributed by atoms with Crippen LogP contribution < -0.4 is 5.32 Å². The highest BCUT2D eigenvalue weighted by Crippen LogP contribution is 1.89. The Kier molecular flexibility index (Phi) is 8.50. The highest BCUT2D eigenvalue weighted by molar-refractivity contribution is 5.80. The molecule has 8 heteroatoms. The summed E-state index contributed by atoms with van der Waals surface area (Å²) in [6, 6.07) is 0. The number of carboxylic acids is 2. The topological polar surface area (TPSA) is 116 Å². The average molecular weight is 262 g/mol. The maximum Gasteiger partial charge on any atom is 0.317 e. The molecule has 18 heavy (non-hydrogen) atoms. The van der Waals surface area contributed by atoms with Crippen LogP contribution in [-0.4, -0.2) is 72.9 Å². The van der Waals surface area contributed by atoms with Gasteiger partial charge >= 0.3 is 11.9 Å². The minimum absolute atomic E-state index is 0.258. The summed E-state index contributed by atoms with van der Waals surface area (Å²) >= 11 is 0. The first-order valence-electron chi connectivity index (χ1n) is 5.37. The fourth-order valence-electron chi connectivity index (χ4n) is 1.25. The number of rotatable bonds is 10. The summed E-state index contributed by atoms with van der Waals surface area (Å²) < 4.78 is 4.79. The van der Waals surface area contributed by atoms with Crippen molar-refractivity contribution in [2.24, 2.45) is 0 Å². The molecule has 0 aromatic rings. The van der Waals surface area contributed by atoms with Crippen LogP contribution in [0, 0.1) is 0 Å². The molecule has 0 fully saturated rings. The second kappa shape index (κ2) is 9.37. The van der Waals surface area contributed by atoms with Crippen LogP contribution >= 0.6 is 0 Å². The first-order valence-corrected chi connectivity index (χ1v) is 5.37. The maximum absolute atomic E-state index is 11.4. The van der Waals surface area contributed by atoms with Gasteiger partial charge in [0.2, 0.25) is 5.91 Å². The molecule has 0 saturated heterocycles. The maximum atomic E-state index is 11.4. The normalized spacial score (nSPS) is 10.3. The predicted molar refractivity (Wildman–Crippen MR) is 61.2 cm³/mol. The van der Waals surface area contributed by atoms with Crippen LogP contribution in [0.15, 0.2) is 0 Å². The van der Waals surface area contributed by atoms with E-state index in [1.54, 1.807) is 7.11 Å². The molecule has 1 amide bonds. The molecule has 0 radical (unpaired) electrons. The second-order valence-corrected chi connectivity index (χ2v) is 3.63. The summed E-state index contributed by atoms with van der Waals surface area (Å²) in [4.78, 5) is 33.4. The Bertz CT molecular complexity index is 278. The number of ether oxygens (including phenoxy) is 1. The average Bonchev–Trinajstić information content (AvgIpc) is 2.22. The Labute approximate surface area is 105 Å². The van der Waals surface area contributed by atoms with E-state index in [1.807, 2.05) is 0 Å². The SMILES string of the molecule is COCCCNC(=O)CN(CC(=O)O)CC(=O)O. The number of aliphatic carboxylic acids is 2. The lowest BCUT2D eigenvalue weighted by Crippen LogP contribution is -2.42. The number of carbonyl (C=O) groups is 3. The molecule has 0 saturated carbocycles. The summed E-state index contributed by atoms with van der Waals surface area (Å²) in [5.74, 6) is -2.76. The van der Waals surface area contributed by atoms with Crippen molar-refractivity contribution in [3.05, 3.63) is 0 Å². The highest BCUT2D eigenvalue weighted by atomic mass is 16.5. The van der Waals surface area contributed by atoms with Crippen molar-refractivity contribution in [3.8, 4) is 0 Å². The fourth-order valence-corrected chi connectivity index (χ4v) is 1.25. The Morgan fingerprint density at radius 3 is 2.11 bits per heavy atom. The first-order chi connectivity index (χ1) is 8.45. The molecule has 0 aliphatic heterocycles. The Hall–Kier alpha value is -1.67. The summed E-state index contributed by atoms with van der Waals surface area (Å²) in [6.45, 7) is -0.323. The molecule has 0 spiro atoms. The van der Waals surface area contributed by atoms with Gasteiger partial charge in [-0.3, -0.25) is 19.3 Å². The lowest BCUT2D eigenvalue weighted by molar-refractivity contribution is -0.142. The smallest absolute Gasteiger partial charge is 0.317 e. The number of carbonyl (C=O) groups excluding carboxylic acids is 1. The molecule has 0 atom stereocenters. The largest absolute Gasteiger partial charge is 0.480 e. The predicted octanol–water partition coefficient (Wildman–Crippen LogP) is -1.39. The lowest BCUT2D eigenvalue weighted by Gasteiger charge is -2.17. The molecular weight excluding hydrogens is 244 g/mol. The number of amides is 1. The van der Waals surface area contributed by atoms with Crippen molar-refractivity contribution in [3.63, 3.8) is 0 Å². The van der Waals surface area contributed by atoms with E-state index in [2.05, 4.69) is 5.32 Å². The monoisotopic (exact) mass is 262 g/mol. The summed E-state index contributed by atoms with van der Waals surface area (Å²) in [5, 5.41) is 19.7. The van der Waals surface area contributed by atoms with Crippen molar-refractivity contribution in [1.82, 2.24) is 10.2 Å². The number of hydrogen-bond acceptors (Lipinski definition) is 5. The van der Waals surface area contributed by atoms with Crippen LogP contribution in [-0.2, 0) is 19.1 Å². The molecule has 8 nitrogen and oxygen atoms in total. The highest BCUT2D eigenvalue weighted by Gasteiger charge is 2.16. The van der Waals surface area contributed by atoms with Crippen molar-refractivity contribution < 1.29 is 29.3 Å². The third-order valence-corrected chi connectivity index (χ3v) is 1.93. The van der Waals surface area contributed by atoms with E-state index in [0.29, 0.717) is 19.6 Å². The van der Waals surface area contributed by atoms with Gasteiger partial charge in [-0.2, -0.15) is 0 Å².